The summed E-state index contributed by atoms with van der Waals surface area (Å²) < 4.78 is 0. The molecule has 6 nitrogen and oxygen atoms in total. The summed E-state index contributed by atoms with van der Waals surface area (Å²) in [5.41, 5.74) is 0. The summed E-state index contributed by atoms with van der Waals surface area (Å²) in [5, 5.41) is 33.7. The van der Waals surface area contributed by atoms with Crippen molar-refractivity contribution in [3.05, 3.63) is 0 Å². The number of hydrogen-bond acceptors (Lipinski definition) is 4. The largest absolute Gasteiger partial charge is 0.481 e. The summed E-state index contributed by atoms with van der Waals surface area (Å²) in [6.07, 6.45) is 3.62. The molecule has 0 radical (unpaired) electrons. The minimum Gasteiger partial charge on any atom is -0.481 e. The monoisotopic (exact) mass is 234 g/mol. The van der Waals surface area contributed by atoms with Crippen LogP contribution in [-0.2, 0) is 9.59 Å². The van der Waals surface area contributed by atoms with Crippen molar-refractivity contribution < 1.29 is 30.0 Å². The quantitative estimate of drug-likeness (QED) is 0.530. The van der Waals surface area contributed by atoms with Crippen LogP contribution in [0.1, 0.15) is 44.9 Å². The van der Waals surface area contributed by atoms with Crippen LogP contribution in [0.3, 0.4) is 0 Å². The van der Waals surface area contributed by atoms with Gasteiger partial charge in [-0.1, -0.05) is 6.42 Å². The van der Waals surface area contributed by atoms with Crippen molar-refractivity contribution >= 4 is 11.9 Å². The van der Waals surface area contributed by atoms with Crippen LogP contribution in [0.5, 0.6) is 0 Å². The second-order valence-corrected chi connectivity index (χ2v) is 3.83. The topological polar surface area (TPSA) is 115 Å². The van der Waals surface area contributed by atoms with Gasteiger partial charge in [-0.2, -0.15) is 0 Å². The zero-order valence-electron chi connectivity index (χ0n) is 9.06. The third-order valence-corrected chi connectivity index (χ3v) is 2.21. The van der Waals surface area contributed by atoms with Gasteiger partial charge in [0.25, 0.3) is 0 Å². The van der Waals surface area contributed by atoms with Crippen LogP contribution in [0.2, 0.25) is 0 Å². The van der Waals surface area contributed by atoms with E-state index in [2.05, 4.69) is 0 Å². The predicted molar refractivity (Wildman–Crippen MR) is 54.8 cm³/mol. The number of hydrogen-bond donors (Lipinski definition) is 4. The fourth-order valence-corrected chi connectivity index (χ4v) is 1.33. The van der Waals surface area contributed by atoms with Gasteiger partial charge in [-0.25, -0.2) is 0 Å². The maximum atomic E-state index is 9.64. The van der Waals surface area contributed by atoms with E-state index in [1.165, 1.54) is 0 Å². The van der Waals surface area contributed by atoms with Gasteiger partial charge in [-0.3, -0.25) is 9.59 Å². The highest BCUT2D eigenvalue weighted by Crippen LogP contribution is 2.24. The van der Waals surface area contributed by atoms with Crippen molar-refractivity contribution in [1.82, 2.24) is 0 Å². The van der Waals surface area contributed by atoms with E-state index in [1.54, 1.807) is 0 Å². The Labute approximate surface area is 93.5 Å². The van der Waals surface area contributed by atoms with E-state index in [-0.39, 0.29) is 12.8 Å². The first kappa shape index (κ1) is 14.9. The van der Waals surface area contributed by atoms with Gasteiger partial charge in [0.2, 0.25) is 0 Å². The highest BCUT2D eigenvalue weighted by atomic mass is 16.5. The molecule has 1 aliphatic rings. The summed E-state index contributed by atoms with van der Waals surface area (Å²) >= 11 is 0. The predicted octanol–water partition coefficient (Wildman–Crippen LogP) is 0.567. The van der Waals surface area contributed by atoms with Gasteiger partial charge >= 0.3 is 11.9 Å². The summed E-state index contributed by atoms with van der Waals surface area (Å²) in [6.45, 7) is 0. The molecule has 94 valence electrons. The lowest BCUT2D eigenvalue weighted by atomic mass is 9.95. The molecule has 16 heavy (non-hydrogen) atoms. The number of carbonyl (C=O) groups is 2. The van der Waals surface area contributed by atoms with Crippen LogP contribution in [0, 0.1) is 0 Å². The fourth-order valence-electron chi connectivity index (χ4n) is 1.33. The molecule has 0 amide bonds. The Balaban J connectivity index is 0.000000281. The minimum absolute atomic E-state index is 0.296. The Bertz CT molecular complexity index is 213. The Morgan fingerprint density at radius 1 is 0.875 bits per heavy atom. The highest BCUT2D eigenvalue weighted by molar-refractivity contribution is 5.75. The van der Waals surface area contributed by atoms with Gasteiger partial charge in [0.1, 0.15) is 0 Å². The molecule has 0 aromatic rings. The van der Waals surface area contributed by atoms with Crippen molar-refractivity contribution in [3.63, 3.8) is 0 Å². The van der Waals surface area contributed by atoms with Gasteiger partial charge in [0, 0.05) is 12.8 Å². The molecule has 0 saturated heterocycles. The molecule has 0 spiro atoms. The lowest BCUT2D eigenvalue weighted by Crippen LogP contribution is -2.30. The van der Waals surface area contributed by atoms with Crippen molar-refractivity contribution in [2.24, 2.45) is 0 Å². The van der Waals surface area contributed by atoms with Crippen molar-refractivity contribution in [2.45, 2.75) is 50.7 Å². The molecule has 0 bridgehead atoms. The molecule has 1 fully saturated rings. The third-order valence-electron chi connectivity index (χ3n) is 2.21. The molecule has 0 aromatic heterocycles. The van der Waals surface area contributed by atoms with E-state index in [0.717, 1.165) is 19.3 Å². The first-order valence-electron chi connectivity index (χ1n) is 5.22. The zero-order valence-corrected chi connectivity index (χ0v) is 9.06. The minimum atomic E-state index is -1.32. The molecular formula is C10H18O6. The smallest absolute Gasteiger partial charge is 0.303 e. The SMILES string of the molecule is O=C(O)CCC(=O)O.OC1(O)CCCCC1. The van der Waals surface area contributed by atoms with Gasteiger partial charge in [0.05, 0.1) is 12.8 Å². The summed E-state index contributed by atoms with van der Waals surface area (Å²) in [6, 6.07) is 0. The summed E-state index contributed by atoms with van der Waals surface area (Å²) in [5.74, 6) is -3.47. The molecule has 0 unspecified atom stereocenters. The molecule has 1 saturated carbocycles. The molecule has 1 rings (SSSR count). The van der Waals surface area contributed by atoms with E-state index < -0.39 is 17.7 Å². The number of carboxylic acids is 2. The average molecular weight is 234 g/mol. The van der Waals surface area contributed by atoms with Gasteiger partial charge in [0.15, 0.2) is 5.79 Å². The molecule has 1 aliphatic carbocycles. The fraction of sp³-hybridized carbons (Fsp3) is 0.800. The van der Waals surface area contributed by atoms with Crippen molar-refractivity contribution in [3.8, 4) is 0 Å². The second kappa shape index (κ2) is 7.19. The van der Waals surface area contributed by atoms with Crippen LogP contribution in [0.15, 0.2) is 0 Å². The van der Waals surface area contributed by atoms with E-state index in [0.29, 0.717) is 12.8 Å². The first-order valence-corrected chi connectivity index (χ1v) is 5.22. The van der Waals surface area contributed by atoms with E-state index >= 15 is 0 Å². The van der Waals surface area contributed by atoms with Crippen molar-refractivity contribution in [1.29, 1.82) is 0 Å². The molecule has 6 heteroatoms. The maximum absolute atomic E-state index is 9.64. The molecule has 0 aliphatic heterocycles. The standard InChI is InChI=1S/C6H12O2.C4H6O4/c7-6(8)4-2-1-3-5-6;5-3(6)1-2-4(7)8/h7-8H,1-5H2;1-2H2,(H,5,6)(H,7,8). The molecule has 0 atom stereocenters. The molecular weight excluding hydrogens is 216 g/mol. The van der Waals surface area contributed by atoms with Crippen LogP contribution in [-0.4, -0.2) is 38.2 Å². The Morgan fingerprint density at radius 3 is 1.44 bits per heavy atom. The van der Waals surface area contributed by atoms with Crippen LogP contribution in [0.4, 0.5) is 0 Å². The Kier molecular flexibility index (Phi) is 6.67. The Morgan fingerprint density at radius 2 is 1.25 bits per heavy atom. The van der Waals surface area contributed by atoms with Gasteiger partial charge in [-0.15, -0.1) is 0 Å². The van der Waals surface area contributed by atoms with Gasteiger partial charge < -0.3 is 20.4 Å². The van der Waals surface area contributed by atoms with Crippen LogP contribution in [0.25, 0.3) is 0 Å². The molecule has 4 N–H and O–H groups in total. The Hall–Kier alpha value is -1.14. The zero-order chi connectivity index (χ0) is 12.6. The molecule has 0 heterocycles. The lowest BCUT2D eigenvalue weighted by molar-refractivity contribution is -0.180. The maximum Gasteiger partial charge on any atom is 0.303 e. The van der Waals surface area contributed by atoms with E-state index in [1.807, 2.05) is 0 Å². The van der Waals surface area contributed by atoms with Crippen LogP contribution >= 0.6 is 0 Å². The number of aliphatic hydroxyl groups is 2. The number of carboxylic acid groups (broad SMARTS) is 2. The average Bonchev–Trinajstić information content (AvgIpc) is 2.15. The van der Waals surface area contributed by atoms with Crippen molar-refractivity contribution in [2.75, 3.05) is 0 Å². The highest BCUT2D eigenvalue weighted by Gasteiger charge is 2.24. The van der Waals surface area contributed by atoms with Crippen LogP contribution < -0.4 is 0 Å². The van der Waals surface area contributed by atoms with Gasteiger partial charge in [-0.05, 0) is 12.8 Å². The lowest BCUT2D eigenvalue weighted by Gasteiger charge is -2.25. The van der Waals surface area contributed by atoms with E-state index in [9.17, 15) is 9.59 Å². The second-order valence-electron chi connectivity index (χ2n) is 3.83. The summed E-state index contributed by atoms with van der Waals surface area (Å²) in [4.78, 5) is 19.3. The number of aliphatic carboxylic acids is 2. The molecule has 0 aromatic carbocycles. The first-order chi connectivity index (χ1) is 7.33. The number of rotatable bonds is 3. The third kappa shape index (κ3) is 9.42. The van der Waals surface area contributed by atoms with E-state index in [4.69, 9.17) is 20.4 Å². The normalized spacial score (nSPS) is 18.1. The summed E-state index contributed by atoms with van der Waals surface area (Å²) in [7, 11) is 0.